The third-order valence-electron chi connectivity index (χ3n) is 2.61. The quantitative estimate of drug-likeness (QED) is 0.819. The molecule has 1 aromatic rings. The van der Waals surface area contributed by atoms with Gasteiger partial charge in [0.25, 0.3) is 0 Å². The standard InChI is InChI=1S/C13H19FN2O/c1-3-16(4-2)13(17)10-15-9-11-6-5-7-12(14)8-11/h5-8,15H,3-4,9-10H2,1-2H3. The fourth-order valence-electron chi connectivity index (χ4n) is 1.65. The van der Waals surface area contributed by atoms with Crippen LogP contribution in [-0.4, -0.2) is 30.4 Å². The minimum absolute atomic E-state index is 0.0754. The van der Waals surface area contributed by atoms with Crippen LogP contribution >= 0.6 is 0 Å². The van der Waals surface area contributed by atoms with E-state index in [1.807, 2.05) is 19.9 Å². The number of hydrogen-bond donors (Lipinski definition) is 1. The molecule has 1 amide bonds. The summed E-state index contributed by atoms with van der Waals surface area (Å²) < 4.78 is 12.9. The fraction of sp³-hybridized carbons (Fsp3) is 0.462. The van der Waals surface area contributed by atoms with Gasteiger partial charge in [0.05, 0.1) is 6.54 Å². The maximum atomic E-state index is 12.9. The molecule has 3 nitrogen and oxygen atoms in total. The zero-order valence-electron chi connectivity index (χ0n) is 10.4. The highest BCUT2D eigenvalue weighted by molar-refractivity contribution is 5.78. The van der Waals surface area contributed by atoms with Gasteiger partial charge in [0.2, 0.25) is 5.91 Å². The minimum Gasteiger partial charge on any atom is -0.342 e. The van der Waals surface area contributed by atoms with Crippen molar-refractivity contribution < 1.29 is 9.18 Å². The Bertz CT molecular complexity index is 364. The molecule has 0 fully saturated rings. The summed E-state index contributed by atoms with van der Waals surface area (Å²) in [7, 11) is 0. The van der Waals surface area contributed by atoms with Gasteiger partial charge in [-0.05, 0) is 31.5 Å². The molecular weight excluding hydrogens is 219 g/mol. The van der Waals surface area contributed by atoms with E-state index in [1.54, 1.807) is 11.0 Å². The van der Waals surface area contributed by atoms with Crippen LogP contribution in [0.4, 0.5) is 4.39 Å². The predicted molar refractivity (Wildman–Crippen MR) is 66.0 cm³/mol. The Morgan fingerprint density at radius 1 is 1.35 bits per heavy atom. The molecule has 94 valence electrons. The van der Waals surface area contributed by atoms with Crippen molar-refractivity contribution in [2.24, 2.45) is 0 Å². The highest BCUT2D eigenvalue weighted by Gasteiger charge is 2.08. The summed E-state index contributed by atoms with van der Waals surface area (Å²) in [5.74, 6) is -0.175. The molecule has 0 saturated heterocycles. The molecule has 4 heteroatoms. The van der Waals surface area contributed by atoms with E-state index in [0.717, 1.165) is 18.7 Å². The van der Waals surface area contributed by atoms with E-state index < -0.39 is 0 Å². The summed E-state index contributed by atoms with van der Waals surface area (Å²) >= 11 is 0. The van der Waals surface area contributed by atoms with Gasteiger partial charge >= 0.3 is 0 Å². The van der Waals surface area contributed by atoms with E-state index >= 15 is 0 Å². The number of likely N-dealkylation sites (N-methyl/N-ethyl adjacent to an activating group) is 1. The molecule has 0 radical (unpaired) electrons. The Labute approximate surface area is 102 Å². The number of amides is 1. The summed E-state index contributed by atoms with van der Waals surface area (Å²) in [5, 5.41) is 3.02. The molecule has 0 spiro atoms. The number of benzene rings is 1. The predicted octanol–water partition coefficient (Wildman–Crippen LogP) is 1.78. The van der Waals surface area contributed by atoms with Crippen LogP contribution in [0.5, 0.6) is 0 Å². The van der Waals surface area contributed by atoms with Crippen LogP contribution in [0.1, 0.15) is 19.4 Å². The van der Waals surface area contributed by atoms with Crippen molar-refractivity contribution in [2.75, 3.05) is 19.6 Å². The van der Waals surface area contributed by atoms with Crippen molar-refractivity contribution in [2.45, 2.75) is 20.4 Å². The van der Waals surface area contributed by atoms with E-state index in [2.05, 4.69) is 5.32 Å². The van der Waals surface area contributed by atoms with Gasteiger partial charge < -0.3 is 10.2 Å². The van der Waals surface area contributed by atoms with Gasteiger partial charge in [0, 0.05) is 19.6 Å². The van der Waals surface area contributed by atoms with Crippen LogP contribution in [0.2, 0.25) is 0 Å². The Morgan fingerprint density at radius 2 is 2.06 bits per heavy atom. The van der Waals surface area contributed by atoms with Crippen LogP contribution in [0.25, 0.3) is 0 Å². The first-order valence-corrected chi connectivity index (χ1v) is 5.90. The zero-order valence-corrected chi connectivity index (χ0v) is 10.4. The first-order valence-electron chi connectivity index (χ1n) is 5.90. The van der Waals surface area contributed by atoms with Crippen LogP contribution in [-0.2, 0) is 11.3 Å². The molecule has 0 aliphatic rings. The van der Waals surface area contributed by atoms with Crippen molar-refractivity contribution in [3.8, 4) is 0 Å². The van der Waals surface area contributed by atoms with E-state index in [-0.39, 0.29) is 18.3 Å². The topological polar surface area (TPSA) is 32.3 Å². The molecule has 0 aromatic heterocycles. The molecule has 0 aliphatic heterocycles. The molecule has 1 N–H and O–H groups in total. The van der Waals surface area contributed by atoms with Crippen molar-refractivity contribution in [3.05, 3.63) is 35.6 Å². The lowest BCUT2D eigenvalue weighted by molar-refractivity contribution is -0.129. The van der Waals surface area contributed by atoms with Crippen LogP contribution < -0.4 is 5.32 Å². The highest BCUT2D eigenvalue weighted by Crippen LogP contribution is 2.02. The number of nitrogens with zero attached hydrogens (tertiary/aromatic N) is 1. The van der Waals surface area contributed by atoms with Gasteiger partial charge in [-0.3, -0.25) is 4.79 Å². The first kappa shape index (κ1) is 13.6. The smallest absolute Gasteiger partial charge is 0.236 e. The second kappa shape index (κ2) is 7.01. The van der Waals surface area contributed by atoms with Crippen molar-refractivity contribution in [3.63, 3.8) is 0 Å². The highest BCUT2D eigenvalue weighted by atomic mass is 19.1. The summed E-state index contributed by atoms with van der Waals surface area (Å²) in [6.45, 7) is 6.14. The minimum atomic E-state index is -0.251. The van der Waals surface area contributed by atoms with Crippen LogP contribution in [0.15, 0.2) is 24.3 Å². The average molecular weight is 238 g/mol. The van der Waals surface area contributed by atoms with Gasteiger partial charge in [-0.2, -0.15) is 0 Å². The number of halogens is 1. The molecule has 0 aliphatic carbocycles. The molecular formula is C13H19FN2O. The zero-order chi connectivity index (χ0) is 12.7. The average Bonchev–Trinajstić information content (AvgIpc) is 2.30. The Kier molecular flexibility index (Phi) is 5.63. The summed E-state index contributed by atoms with van der Waals surface area (Å²) in [6.07, 6.45) is 0. The van der Waals surface area contributed by atoms with Gasteiger partial charge in [0.15, 0.2) is 0 Å². The maximum absolute atomic E-state index is 12.9. The van der Waals surface area contributed by atoms with Gasteiger partial charge in [0.1, 0.15) is 5.82 Å². The molecule has 0 bridgehead atoms. The number of hydrogen-bond acceptors (Lipinski definition) is 2. The van der Waals surface area contributed by atoms with Crippen molar-refractivity contribution in [1.29, 1.82) is 0 Å². The van der Waals surface area contributed by atoms with E-state index in [1.165, 1.54) is 12.1 Å². The SMILES string of the molecule is CCN(CC)C(=O)CNCc1cccc(F)c1. The summed E-state index contributed by atoms with van der Waals surface area (Å²) in [6, 6.07) is 6.37. The van der Waals surface area contributed by atoms with Crippen molar-refractivity contribution >= 4 is 5.91 Å². The molecule has 0 unspecified atom stereocenters. The molecule has 1 aromatic carbocycles. The molecule has 0 heterocycles. The normalized spacial score (nSPS) is 10.3. The van der Waals surface area contributed by atoms with Gasteiger partial charge in [-0.15, -0.1) is 0 Å². The van der Waals surface area contributed by atoms with Crippen LogP contribution in [0.3, 0.4) is 0 Å². The maximum Gasteiger partial charge on any atom is 0.236 e. The van der Waals surface area contributed by atoms with Gasteiger partial charge in [-0.1, -0.05) is 12.1 Å². The lowest BCUT2D eigenvalue weighted by Crippen LogP contribution is -2.37. The number of carbonyl (C=O) groups excluding carboxylic acids is 1. The lowest BCUT2D eigenvalue weighted by Gasteiger charge is -2.18. The summed E-state index contributed by atoms with van der Waals surface area (Å²) in [5.41, 5.74) is 0.845. The number of nitrogens with one attached hydrogen (secondary N) is 1. The molecule has 0 atom stereocenters. The molecule has 0 saturated carbocycles. The Hall–Kier alpha value is -1.42. The van der Waals surface area contributed by atoms with Crippen molar-refractivity contribution in [1.82, 2.24) is 10.2 Å². The Balaban J connectivity index is 2.35. The fourth-order valence-corrected chi connectivity index (χ4v) is 1.65. The van der Waals surface area contributed by atoms with E-state index in [9.17, 15) is 9.18 Å². The summed E-state index contributed by atoms with van der Waals surface area (Å²) in [4.78, 5) is 13.4. The second-order valence-corrected chi connectivity index (χ2v) is 3.80. The van der Waals surface area contributed by atoms with Crippen LogP contribution in [0, 0.1) is 5.82 Å². The Morgan fingerprint density at radius 3 is 2.65 bits per heavy atom. The first-order chi connectivity index (χ1) is 8.17. The van der Waals surface area contributed by atoms with E-state index in [4.69, 9.17) is 0 Å². The molecule has 1 rings (SSSR count). The third kappa shape index (κ3) is 4.53. The second-order valence-electron chi connectivity index (χ2n) is 3.80. The number of rotatable bonds is 6. The largest absolute Gasteiger partial charge is 0.342 e. The lowest BCUT2D eigenvalue weighted by atomic mass is 10.2. The van der Waals surface area contributed by atoms with Gasteiger partial charge in [-0.25, -0.2) is 4.39 Å². The van der Waals surface area contributed by atoms with E-state index in [0.29, 0.717) is 6.54 Å². The monoisotopic (exact) mass is 238 g/mol. The third-order valence-corrected chi connectivity index (χ3v) is 2.61. The molecule has 17 heavy (non-hydrogen) atoms. The number of carbonyl (C=O) groups is 1.